The minimum Gasteiger partial charge on any atom is -0.463 e. The maximum absolute atomic E-state index is 11.5. The predicted molar refractivity (Wildman–Crippen MR) is 74.5 cm³/mol. The SMILES string of the molecule is CCCC(C)OC(=O)CCCCc1ccccc1. The van der Waals surface area contributed by atoms with E-state index >= 15 is 0 Å². The fourth-order valence-corrected chi connectivity index (χ4v) is 1.99. The van der Waals surface area contributed by atoms with E-state index in [4.69, 9.17) is 4.74 Å². The van der Waals surface area contributed by atoms with Crippen LogP contribution in [0.3, 0.4) is 0 Å². The highest BCUT2D eigenvalue weighted by atomic mass is 16.5. The number of ether oxygens (including phenoxy) is 1. The number of carbonyl (C=O) groups excluding carboxylic acids is 1. The molecule has 18 heavy (non-hydrogen) atoms. The number of esters is 1. The zero-order valence-corrected chi connectivity index (χ0v) is 11.5. The van der Waals surface area contributed by atoms with Crippen molar-refractivity contribution in [2.75, 3.05) is 0 Å². The Morgan fingerprint density at radius 3 is 2.61 bits per heavy atom. The number of carbonyl (C=O) groups is 1. The van der Waals surface area contributed by atoms with E-state index in [1.807, 2.05) is 13.0 Å². The van der Waals surface area contributed by atoms with Gasteiger partial charge in [0.2, 0.25) is 0 Å². The lowest BCUT2D eigenvalue weighted by molar-refractivity contribution is -0.148. The Morgan fingerprint density at radius 2 is 1.94 bits per heavy atom. The molecule has 2 nitrogen and oxygen atoms in total. The van der Waals surface area contributed by atoms with E-state index in [0.29, 0.717) is 6.42 Å². The van der Waals surface area contributed by atoms with Gasteiger partial charge in [0.1, 0.15) is 0 Å². The molecule has 0 aromatic heterocycles. The molecule has 0 N–H and O–H groups in total. The van der Waals surface area contributed by atoms with Crippen LogP contribution in [-0.4, -0.2) is 12.1 Å². The Morgan fingerprint density at radius 1 is 1.22 bits per heavy atom. The van der Waals surface area contributed by atoms with Crippen molar-refractivity contribution in [2.45, 2.75) is 58.5 Å². The summed E-state index contributed by atoms with van der Waals surface area (Å²) < 4.78 is 5.30. The molecule has 0 aliphatic carbocycles. The Bertz CT molecular complexity index is 332. The molecule has 1 rings (SSSR count). The van der Waals surface area contributed by atoms with Crippen LogP contribution in [0.1, 0.15) is 51.5 Å². The molecule has 0 amide bonds. The summed E-state index contributed by atoms with van der Waals surface area (Å²) in [7, 11) is 0. The fraction of sp³-hybridized carbons (Fsp3) is 0.562. The van der Waals surface area contributed by atoms with E-state index in [2.05, 4.69) is 31.2 Å². The van der Waals surface area contributed by atoms with Crippen LogP contribution < -0.4 is 0 Å². The molecule has 0 bridgehead atoms. The molecule has 0 fully saturated rings. The van der Waals surface area contributed by atoms with E-state index in [0.717, 1.165) is 32.1 Å². The van der Waals surface area contributed by atoms with Gasteiger partial charge in [-0.1, -0.05) is 43.7 Å². The highest BCUT2D eigenvalue weighted by Crippen LogP contribution is 2.08. The van der Waals surface area contributed by atoms with Gasteiger partial charge in [0.25, 0.3) is 0 Å². The lowest BCUT2D eigenvalue weighted by Gasteiger charge is -2.11. The van der Waals surface area contributed by atoms with Crippen molar-refractivity contribution in [3.05, 3.63) is 35.9 Å². The fourth-order valence-electron chi connectivity index (χ4n) is 1.99. The minimum absolute atomic E-state index is 0.0518. The minimum atomic E-state index is -0.0518. The van der Waals surface area contributed by atoms with Gasteiger partial charge < -0.3 is 4.74 Å². The van der Waals surface area contributed by atoms with Gasteiger partial charge in [-0.3, -0.25) is 4.79 Å². The lowest BCUT2D eigenvalue weighted by Crippen LogP contribution is -2.14. The molecule has 1 atom stereocenters. The lowest BCUT2D eigenvalue weighted by atomic mass is 10.1. The van der Waals surface area contributed by atoms with E-state index in [1.54, 1.807) is 0 Å². The monoisotopic (exact) mass is 248 g/mol. The molecule has 0 aliphatic rings. The summed E-state index contributed by atoms with van der Waals surface area (Å²) in [5.41, 5.74) is 1.34. The summed E-state index contributed by atoms with van der Waals surface area (Å²) >= 11 is 0. The number of hydrogen-bond acceptors (Lipinski definition) is 2. The molecule has 0 heterocycles. The van der Waals surface area contributed by atoms with Crippen molar-refractivity contribution < 1.29 is 9.53 Å². The van der Waals surface area contributed by atoms with E-state index in [-0.39, 0.29) is 12.1 Å². The Hall–Kier alpha value is -1.31. The Balaban J connectivity index is 2.09. The number of aryl methyl sites for hydroxylation is 1. The summed E-state index contributed by atoms with van der Waals surface area (Å²) in [6, 6.07) is 10.4. The molecular formula is C16H24O2. The first kappa shape index (κ1) is 14.7. The van der Waals surface area contributed by atoms with Crippen LogP contribution in [0.5, 0.6) is 0 Å². The van der Waals surface area contributed by atoms with Crippen LogP contribution in [0.2, 0.25) is 0 Å². The van der Waals surface area contributed by atoms with Crippen molar-refractivity contribution in [3.63, 3.8) is 0 Å². The smallest absolute Gasteiger partial charge is 0.306 e. The number of hydrogen-bond donors (Lipinski definition) is 0. The van der Waals surface area contributed by atoms with E-state index in [9.17, 15) is 4.79 Å². The molecule has 100 valence electrons. The van der Waals surface area contributed by atoms with Gasteiger partial charge >= 0.3 is 5.97 Å². The van der Waals surface area contributed by atoms with Gasteiger partial charge in [-0.15, -0.1) is 0 Å². The van der Waals surface area contributed by atoms with E-state index < -0.39 is 0 Å². The molecule has 0 saturated carbocycles. The maximum Gasteiger partial charge on any atom is 0.306 e. The van der Waals surface area contributed by atoms with Crippen molar-refractivity contribution in [1.29, 1.82) is 0 Å². The van der Waals surface area contributed by atoms with Crippen molar-refractivity contribution in [2.24, 2.45) is 0 Å². The molecule has 0 saturated heterocycles. The molecule has 1 unspecified atom stereocenters. The van der Waals surface area contributed by atoms with Crippen LogP contribution in [0.25, 0.3) is 0 Å². The highest BCUT2D eigenvalue weighted by Gasteiger charge is 2.07. The summed E-state index contributed by atoms with van der Waals surface area (Å²) in [6.45, 7) is 4.07. The van der Waals surface area contributed by atoms with Crippen LogP contribution >= 0.6 is 0 Å². The zero-order chi connectivity index (χ0) is 13.2. The van der Waals surface area contributed by atoms with Crippen molar-refractivity contribution in [1.82, 2.24) is 0 Å². The summed E-state index contributed by atoms with van der Waals surface area (Å²) in [5.74, 6) is -0.0518. The third-order valence-corrected chi connectivity index (χ3v) is 2.97. The summed E-state index contributed by atoms with van der Waals surface area (Å²) in [4.78, 5) is 11.5. The first-order valence-corrected chi connectivity index (χ1v) is 6.95. The maximum atomic E-state index is 11.5. The molecular weight excluding hydrogens is 224 g/mol. The van der Waals surface area contributed by atoms with Crippen LogP contribution in [-0.2, 0) is 16.0 Å². The average Bonchev–Trinajstić information content (AvgIpc) is 2.36. The number of benzene rings is 1. The van der Waals surface area contributed by atoms with Crippen LogP contribution in [0.15, 0.2) is 30.3 Å². The van der Waals surface area contributed by atoms with Gasteiger partial charge in [0.05, 0.1) is 6.10 Å². The normalized spacial score (nSPS) is 12.1. The second kappa shape index (κ2) is 8.73. The van der Waals surface area contributed by atoms with Gasteiger partial charge in [-0.25, -0.2) is 0 Å². The largest absolute Gasteiger partial charge is 0.463 e. The van der Waals surface area contributed by atoms with Crippen LogP contribution in [0, 0.1) is 0 Å². The second-order valence-electron chi connectivity index (χ2n) is 4.78. The van der Waals surface area contributed by atoms with Gasteiger partial charge in [-0.05, 0) is 38.2 Å². The van der Waals surface area contributed by atoms with Crippen molar-refractivity contribution >= 4 is 5.97 Å². The Labute approximate surface area is 110 Å². The molecule has 1 aromatic rings. The quantitative estimate of drug-likeness (QED) is 0.510. The third kappa shape index (κ3) is 6.43. The van der Waals surface area contributed by atoms with Crippen molar-refractivity contribution in [3.8, 4) is 0 Å². The average molecular weight is 248 g/mol. The number of rotatable bonds is 8. The molecule has 2 heteroatoms. The van der Waals surface area contributed by atoms with Crippen LogP contribution in [0.4, 0.5) is 0 Å². The Kier molecular flexibility index (Phi) is 7.16. The van der Waals surface area contributed by atoms with Gasteiger partial charge in [-0.2, -0.15) is 0 Å². The zero-order valence-electron chi connectivity index (χ0n) is 11.5. The highest BCUT2D eigenvalue weighted by molar-refractivity contribution is 5.69. The van der Waals surface area contributed by atoms with E-state index in [1.165, 1.54) is 5.56 Å². The third-order valence-electron chi connectivity index (χ3n) is 2.97. The van der Waals surface area contributed by atoms with Gasteiger partial charge in [0.15, 0.2) is 0 Å². The second-order valence-corrected chi connectivity index (χ2v) is 4.78. The summed E-state index contributed by atoms with van der Waals surface area (Å²) in [6.07, 6.45) is 5.61. The van der Waals surface area contributed by atoms with Gasteiger partial charge in [0, 0.05) is 6.42 Å². The number of unbranched alkanes of at least 4 members (excludes halogenated alkanes) is 1. The molecule has 1 aromatic carbocycles. The first-order valence-electron chi connectivity index (χ1n) is 6.95. The molecule has 0 aliphatic heterocycles. The standard InChI is InChI=1S/C16H24O2/c1-3-9-14(2)18-16(17)13-8-7-12-15-10-5-4-6-11-15/h4-6,10-11,14H,3,7-9,12-13H2,1-2H3. The summed E-state index contributed by atoms with van der Waals surface area (Å²) in [5, 5.41) is 0. The molecule has 0 radical (unpaired) electrons. The molecule has 0 spiro atoms. The predicted octanol–water partition coefficient (Wildman–Crippen LogP) is 4.13. The first-order chi connectivity index (χ1) is 8.72. The topological polar surface area (TPSA) is 26.3 Å².